The van der Waals surface area contributed by atoms with Gasteiger partial charge in [0.15, 0.2) is 0 Å². The average molecular weight is 363 g/mol. The van der Waals surface area contributed by atoms with E-state index in [9.17, 15) is 13.6 Å². The summed E-state index contributed by atoms with van der Waals surface area (Å²) in [6, 6.07) is 2.64. The number of hydrogen-bond acceptors (Lipinski definition) is 3. The van der Waals surface area contributed by atoms with Gasteiger partial charge in [-0.05, 0) is 30.5 Å². The van der Waals surface area contributed by atoms with Crippen molar-refractivity contribution in [3.05, 3.63) is 35.4 Å². The second-order valence-electron chi connectivity index (χ2n) is 7.30. The van der Waals surface area contributed by atoms with E-state index in [4.69, 9.17) is 4.74 Å². The van der Waals surface area contributed by atoms with E-state index < -0.39 is 17.7 Å². The molecule has 2 amide bonds. The second-order valence-corrected chi connectivity index (χ2v) is 7.30. The van der Waals surface area contributed by atoms with E-state index in [1.54, 1.807) is 11.1 Å². The molecule has 0 N–H and O–H groups in total. The first-order valence-electron chi connectivity index (χ1n) is 9.32. The maximum Gasteiger partial charge on any atom is 0.341 e. The summed E-state index contributed by atoms with van der Waals surface area (Å²) in [6.45, 7) is 1.09. The fourth-order valence-corrected chi connectivity index (χ4v) is 3.94. The van der Waals surface area contributed by atoms with Crippen molar-refractivity contribution in [3.8, 4) is 0 Å². The number of likely N-dealkylation sites (tertiary alicyclic amines) is 1. The lowest BCUT2D eigenvalue weighted by molar-refractivity contribution is -0.0910. The summed E-state index contributed by atoms with van der Waals surface area (Å²) < 4.78 is 33.1. The van der Waals surface area contributed by atoms with Crippen molar-refractivity contribution in [1.82, 2.24) is 9.91 Å². The van der Waals surface area contributed by atoms with E-state index in [1.807, 2.05) is 0 Å². The lowest BCUT2D eigenvalue weighted by atomic mass is 9.97. The van der Waals surface area contributed by atoms with Gasteiger partial charge in [-0.2, -0.15) is 5.10 Å². The molecular formula is C19H23F2N3O2. The number of carbonyl (C=O) groups excluding carboxylic acids is 1. The van der Waals surface area contributed by atoms with Gasteiger partial charge in [0.2, 0.25) is 0 Å². The largest absolute Gasteiger partial charge is 0.371 e. The predicted molar refractivity (Wildman–Crippen MR) is 92.8 cm³/mol. The van der Waals surface area contributed by atoms with Gasteiger partial charge in [0, 0.05) is 18.7 Å². The monoisotopic (exact) mass is 363 g/mol. The van der Waals surface area contributed by atoms with Crippen LogP contribution in [0.15, 0.2) is 23.3 Å². The van der Waals surface area contributed by atoms with Crippen LogP contribution in [0.2, 0.25) is 0 Å². The summed E-state index contributed by atoms with van der Waals surface area (Å²) in [4.78, 5) is 14.4. The van der Waals surface area contributed by atoms with Crippen LogP contribution in [0.1, 0.15) is 50.1 Å². The standard InChI is InChI=1S/C19H23F2N3O2/c20-14-8-13(9-15(21)10-14)18-6-7-22-24(18)19(25)23-11-17(12-23)26-16-4-2-1-3-5-16/h7-10,16-18H,1-6,11-12H2. The minimum absolute atomic E-state index is 0.0821. The van der Waals surface area contributed by atoms with E-state index >= 15 is 0 Å². The molecule has 1 aromatic carbocycles. The summed E-state index contributed by atoms with van der Waals surface area (Å²) in [5, 5.41) is 5.45. The molecule has 5 nitrogen and oxygen atoms in total. The molecule has 7 heteroatoms. The van der Waals surface area contributed by atoms with Gasteiger partial charge in [-0.25, -0.2) is 18.6 Å². The Morgan fingerprint density at radius 1 is 1.04 bits per heavy atom. The van der Waals surface area contributed by atoms with Gasteiger partial charge in [-0.1, -0.05) is 19.3 Å². The molecule has 0 bridgehead atoms. The van der Waals surface area contributed by atoms with Crippen LogP contribution in [0.4, 0.5) is 13.6 Å². The Labute approximate surface area is 151 Å². The highest BCUT2D eigenvalue weighted by atomic mass is 19.1. The molecule has 0 radical (unpaired) electrons. The first-order chi connectivity index (χ1) is 12.6. The number of carbonyl (C=O) groups is 1. The Hall–Kier alpha value is -2.02. The summed E-state index contributed by atoms with van der Waals surface area (Å²) in [7, 11) is 0. The van der Waals surface area contributed by atoms with Gasteiger partial charge >= 0.3 is 6.03 Å². The van der Waals surface area contributed by atoms with Crippen LogP contribution in [0.3, 0.4) is 0 Å². The molecule has 2 fully saturated rings. The first-order valence-corrected chi connectivity index (χ1v) is 9.32. The molecule has 3 aliphatic rings. The maximum atomic E-state index is 13.5. The summed E-state index contributed by atoms with van der Waals surface area (Å²) in [6.07, 6.45) is 8.39. The van der Waals surface area contributed by atoms with Crippen LogP contribution in [0.5, 0.6) is 0 Å². The number of halogens is 2. The number of amides is 2. The molecule has 1 atom stereocenters. The molecule has 2 heterocycles. The smallest absolute Gasteiger partial charge is 0.341 e. The van der Waals surface area contributed by atoms with E-state index in [2.05, 4.69) is 5.10 Å². The van der Waals surface area contributed by atoms with Crippen molar-refractivity contribution in [3.63, 3.8) is 0 Å². The van der Waals surface area contributed by atoms with Crippen molar-refractivity contribution in [2.75, 3.05) is 13.1 Å². The zero-order valence-corrected chi connectivity index (χ0v) is 14.6. The SMILES string of the molecule is O=C(N1CC(OC2CCCCC2)C1)N1N=CCC1c1cc(F)cc(F)c1. The van der Waals surface area contributed by atoms with Gasteiger partial charge < -0.3 is 9.64 Å². The third-order valence-electron chi connectivity index (χ3n) is 5.35. The van der Waals surface area contributed by atoms with Crippen LogP contribution in [-0.2, 0) is 4.74 Å². The Kier molecular flexibility index (Phi) is 4.89. The lowest BCUT2D eigenvalue weighted by Crippen LogP contribution is -2.58. The fraction of sp³-hybridized carbons (Fsp3) is 0.579. The Morgan fingerprint density at radius 3 is 2.42 bits per heavy atom. The molecule has 140 valence electrons. The quantitative estimate of drug-likeness (QED) is 0.819. The molecule has 26 heavy (non-hydrogen) atoms. The Balaban J connectivity index is 1.35. The number of benzene rings is 1. The molecule has 1 saturated heterocycles. The second kappa shape index (κ2) is 7.31. The average Bonchev–Trinajstić information content (AvgIpc) is 3.07. The van der Waals surface area contributed by atoms with Crippen LogP contribution in [0.25, 0.3) is 0 Å². The minimum Gasteiger partial charge on any atom is -0.371 e. The third kappa shape index (κ3) is 3.58. The number of nitrogens with zero attached hydrogens (tertiary/aromatic N) is 3. The predicted octanol–water partition coefficient (Wildman–Crippen LogP) is 3.85. The Bertz CT molecular complexity index is 680. The first kappa shape index (κ1) is 17.4. The van der Waals surface area contributed by atoms with Crippen molar-refractivity contribution in [1.29, 1.82) is 0 Å². The topological polar surface area (TPSA) is 45.1 Å². The molecule has 2 aliphatic heterocycles. The molecule has 1 aliphatic carbocycles. The van der Waals surface area contributed by atoms with Crippen molar-refractivity contribution in [2.24, 2.45) is 5.10 Å². The van der Waals surface area contributed by atoms with Gasteiger partial charge in [-0.3, -0.25) is 0 Å². The van der Waals surface area contributed by atoms with E-state index in [1.165, 1.54) is 36.4 Å². The zero-order chi connectivity index (χ0) is 18.1. The van der Waals surface area contributed by atoms with E-state index in [0.717, 1.165) is 18.9 Å². The number of urea groups is 1. The molecule has 1 aromatic rings. The van der Waals surface area contributed by atoms with Gasteiger partial charge in [0.1, 0.15) is 11.6 Å². The normalized spacial score (nSPS) is 24.2. The molecule has 1 saturated carbocycles. The Morgan fingerprint density at radius 2 is 1.73 bits per heavy atom. The van der Waals surface area contributed by atoms with Crippen LogP contribution in [-0.4, -0.2) is 47.5 Å². The van der Waals surface area contributed by atoms with Crippen molar-refractivity contribution >= 4 is 12.2 Å². The van der Waals surface area contributed by atoms with Crippen LogP contribution < -0.4 is 0 Å². The number of rotatable bonds is 3. The van der Waals surface area contributed by atoms with Crippen molar-refractivity contribution in [2.45, 2.75) is 56.8 Å². The number of ether oxygens (including phenoxy) is 1. The summed E-state index contributed by atoms with van der Waals surface area (Å²) >= 11 is 0. The summed E-state index contributed by atoms with van der Waals surface area (Å²) in [5.74, 6) is -1.30. The van der Waals surface area contributed by atoms with Gasteiger partial charge in [0.25, 0.3) is 0 Å². The van der Waals surface area contributed by atoms with E-state index in [0.29, 0.717) is 31.2 Å². The summed E-state index contributed by atoms with van der Waals surface area (Å²) in [5.41, 5.74) is 0.420. The molecule has 4 rings (SSSR count). The van der Waals surface area contributed by atoms with Crippen molar-refractivity contribution < 1.29 is 18.3 Å². The highest BCUT2D eigenvalue weighted by Gasteiger charge is 2.39. The number of hydrazone groups is 1. The zero-order valence-electron chi connectivity index (χ0n) is 14.6. The van der Waals surface area contributed by atoms with Crippen LogP contribution in [0, 0.1) is 11.6 Å². The maximum absolute atomic E-state index is 13.5. The van der Waals surface area contributed by atoms with E-state index in [-0.39, 0.29) is 12.1 Å². The minimum atomic E-state index is -0.649. The molecule has 0 spiro atoms. The fourth-order valence-electron chi connectivity index (χ4n) is 3.94. The van der Waals surface area contributed by atoms with Gasteiger partial charge in [-0.15, -0.1) is 0 Å². The highest BCUT2D eigenvalue weighted by molar-refractivity contribution is 5.79. The lowest BCUT2D eigenvalue weighted by Gasteiger charge is -2.42. The molecule has 1 unspecified atom stereocenters. The number of hydrogen-bond donors (Lipinski definition) is 0. The van der Waals surface area contributed by atoms with Crippen LogP contribution >= 0.6 is 0 Å². The molecular weight excluding hydrogens is 340 g/mol. The highest BCUT2D eigenvalue weighted by Crippen LogP contribution is 2.32. The third-order valence-corrected chi connectivity index (χ3v) is 5.35. The molecule has 0 aromatic heterocycles. The van der Waals surface area contributed by atoms with Gasteiger partial charge in [0.05, 0.1) is 31.3 Å².